The number of amides is 1. The van der Waals surface area contributed by atoms with Crippen LogP contribution in [0.3, 0.4) is 0 Å². The number of anilines is 2. The van der Waals surface area contributed by atoms with Gasteiger partial charge in [-0.05, 0) is 61.9 Å². The Morgan fingerprint density at radius 1 is 0.966 bits per heavy atom. The molecule has 0 radical (unpaired) electrons. The molecule has 0 saturated heterocycles. The van der Waals surface area contributed by atoms with Crippen molar-refractivity contribution in [1.29, 1.82) is 0 Å². The normalized spacial score (nSPS) is 11.0. The molecule has 29 heavy (non-hydrogen) atoms. The number of sulfonamides is 1. The molecule has 2 N–H and O–H groups in total. The second kappa shape index (κ2) is 8.32. The van der Waals surface area contributed by atoms with E-state index in [-0.39, 0.29) is 16.2 Å². The topological polar surface area (TPSA) is 97.4 Å². The lowest BCUT2D eigenvalue weighted by Gasteiger charge is -2.13. The van der Waals surface area contributed by atoms with Crippen molar-refractivity contribution < 1.29 is 17.9 Å². The Morgan fingerprint density at radius 3 is 2.34 bits per heavy atom. The predicted molar refractivity (Wildman–Crippen MR) is 112 cm³/mol. The highest BCUT2D eigenvalue weighted by molar-refractivity contribution is 7.92. The summed E-state index contributed by atoms with van der Waals surface area (Å²) in [6.07, 6.45) is 1.58. The molecule has 1 amide bonds. The lowest BCUT2D eigenvalue weighted by molar-refractivity contribution is 0.102. The largest absolute Gasteiger partial charge is 0.495 e. The van der Waals surface area contributed by atoms with Crippen LogP contribution in [0.5, 0.6) is 5.75 Å². The standard InChI is InChI=1S/C21H21N3O4S/c1-14-4-7-17(8-5-14)24-29(26,27)19-13-16(6-9-18(19)28-3)21(25)23-20-12-15(2)10-11-22-20/h4-13,24H,1-3H3,(H,22,23,25). The third kappa shape index (κ3) is 4.91. The Hall–Kier alpha value is -3.39. The van der Waals surface area contributed by atoms with Gasteiger partial charge in [-0.1, -0.05) is 17.7 Å². The monoisotopic (exact) mass is 411 g/mol. The van der Waals surface area contributed by atoms with Gasteiger partial charge in [-0.25, -0.2) is 13.4 Å². The molecular formula is C21H21N3O4S. The molecule has 3 rings (SSSR count). The fourth-order valence-electron chi connectivity index (χ4n) is 2.65. The van der Waals surface area contributed by atoms with Crippen LogP contribution in [0.4, 0.5) is 11.5 Å². The molecule has 7 nitrogen and oxygen atoms in total. The minimum absolute atomic E-state index is 0.134. The van der Waals surface area contributed by atoms with Gasteiger partial charge in [-0.15, -0.1) is 0 Å². The van der Waals surface area contributed by atoms with Crippen LogP contribution in [0, 0.1) is 13.8 Å². The number of aryl methyl sites for hydroxylation is 2. The van der Waals surface area contributed by atoms with Crippen molar-refractivity contribution in [3.63, 3.8) is 0 Å². The molecule has 0 spiro atoms. The number of ether oxygens (including phenoxy) is 1. The van der Waals surface area contributed by atoms with Crippen LogP contribution in [-0.2, 0) is 10.0 Å². The van der Waals surface area contributed by atoms with Gasteiger partial charge in [-0.2, -0.15) is 0 Å². The molecule has 0 saturated carbocycles. The zero-order valence-corrected chi connectivity index (χ0v) is 17.1. The molecule has 0 aliphatic carbocycles. The van der Waals surface area contributed by atoms with Crippen molar-refractivity contribution in [3.05, 3.63) is 77.5 Å². The smallest absolute Gasteiger partial charge is 0.265 e. The number of benzene rings is 2. The zero-order valence-electron chi connectivity index (χ0n) is 16.3. The summed E-state index contributed by atoms with van der Waals surface area (Å²) in [6, 6.07) is 14.7. The second-order valence-electron chi connectivity index (χ2n) is 6.51. The lowest BCUT2D eigenvalue weighted by Crippen LogP contribution is -2.17. The van der Waals surface area contributed by atoms with Crippen LogP contribution in [0.15, 0.2) is 65.7 Å². The van der Waals surface area contributed by atoms with Gasteiger partial charge in [0, 0.05) is 17.4 Å². The quantitative estimate of drug-likeness (QED) is 0.644. The molecule has 0 fully saturated rings. The van der Waals surface area contributed by atoms with E-state index in [1.807, 2.05) is 19.9 Å². The predicted octanol–water partition coefficient (Wildman–Crippen LogP) is 3.76. The van der Waals surface area contributed by atoms with Crippen LogP contribution in [-0.4, -0.2) is 26.4 Å². The van der Waals surface area contributed by atoms with E-state index < -0.39 is 15.9 Å². The molecule has 150 valence electrons. The number of hydrogen-bond acceptors (Lipinski definition) is 5. The number of aromatic nitrogens is 1. The molecule has 0 aliphatic heterocycles. The Bertz CT molecular complexity index is 1140. The summed E-state index contributed by atoms with van der Waals surface area (Å²) in [4.78, 5) is 16.5. The Labute approximate surface area is 169 Å². The minimum Gasteiger partial charge on any atom is -0.495 e. The molecule has 0 aliphatic rings. The summed E-state index contributed by atoms with van der Waals surface area (Å²) in [5.41, 5.74) is 2.53. The first-order chi connectivity index (χ1) is 13.8. The number of nitrogens with zero attached hydrogens (tertiary/aromatic N) is 1. The molecular weight excluding hydrogens is 390 g/mol. The third-order valence-electron chi connectivity index (χ3n) is 4.18. The fourth-order valence-corrected chi connectivity index (χ4v) is 3.91. The molecule has 0 bridgehead atoms. The summed E-state index contributed by atoms with van der Waals surface area (Å²) in [6.45, 7) is 3.79. The van der Waals surface area contributed by atoms with Gasteiger partial charge >= 0.3 is 0 Å². The Balaban J connectivity index is 1.91. The second-order valence-corrected chi connectivity index (χ2v) is 8.16. The van der Waals surface area contributed by atoms with E-state index in [2.05, 4.69) is 15.0 Å². The van der Waals surface area contributed by atoms with Crippen molar-refractivity contribution in [1.82, 2.24) is 4.98 Å². The number of carbonyl (C=O) groups is 1. The number of methoxy groups -OCH3 is 1. The number of pyridine rings is 1. The van der Waals surface area contributed by atoms with E-state index in [0.29, 0.717) is 11.5 Å². The highest BCUT2D eigenvalue weighted by Crippen LogP contribution is 2.27. The van der Waals surface area contributed by atoms with Gasteiger partial charge < -0.3 is 10.1 Å². The number of nitrogens with one attached hydrogen (secondary N) is 2. The Kier molecular flexibility index (Phi) is 5.84. The van der Waals surface area contributed by atoms with Crippen LogP contribution >= 0.6 is 0 Å². The van der Waals surface area contributed by atoms with Crippen molar-refractivity contribution in [3.8, 4) is 5.75 Å². The summed E-state index contributed by atoms with van der Waals surface area (Å²) < 4.78 is 33.5. The average Bonchev–Trinajstić information content (AvgIpc) is 2.69. The van der Waals surface area contributed by atoms with Crippen LogP contribution in [0.25, 0.3) is 0 Å². The van der Waals surface area contributed by atoms with Crippen LogP contribution in [0.2, 0.25) is 0 Å². The average molecular weight is 411 g/mol. The van der Waals surface area contributed by atoms with Gasteiger partial charge in [0.05, 0.1) is 7.11 Å². The van der Waals surface area contributed by atoms with Crippen molar-refractivity contribution >= 4 is 27.4 Å². The first-order valence-corrected chi connectivity index (χ1v) is 10.3. The number of carbonyl (C=O) groups excluding carboxylic acids is 1. The lowest BCUT2D eigenvalue weighted by atomic mass is 10.2. The first kappa shape index (κ1) is 20.3. The maximum Gasteiger partial charge on any atom is 0.265 e. The summed E-state index contributed by atoms with van der Waals surface area (Å²) in [5.74, 6) is 0.0420. The molecule has 1 aromatic heterocycles. The maximum absolute atomic E-state index is 12.9. The molecule has 3 aromatic rings. The Morgan fingerprint density at radius 2 is 1.69 bits per heavy atom. The molecule has 0 unspecified atom stereocenters. The van der Waals surface area contributed by atoms with E-state index >= 15 is 0 Å². The highest BCUT2D eigenvalue weighted by Gasteiger charge is 2.22. The van der Waals surface area contributed by atoms with Crippen molar-refractivity contribution in [2.45, 2.75) is 18.7 Å². The van der Waals surface area contributed by atoms with E-state index in [9.17, 15) is 13.2 Å². The molecule has 1 heterocycles. The molecule has 2 aromatic carbocycles. The highest BCUT2D eigenvalue weighted by atomic mass is 32.2. The van der Waals surface area contributed by atoms with Gasteiger partial charge in [0.2, 0.25) is 0 Å². The van der Waals surface area contributed by atoms with Crippen LogP contribution < -0.4 is 14.8 Å². The van der Waals surface area contributed by atoms with E-state index in [4.69, 9.17) is 4.74 Å². The first-order valence-electron chi connectivity index (χ1n) is 8.80. The van der Waals surface area contributed by atoms with Crippen LogP contribution in [0.1, 0.15) is 21.5 Å². The van der Waals surface area contributed by atoms with Crippen molar-refractivity contribution in [2.24, 2.45) is 0 Å². The zero-order chi connectivity index (χ0) is 21.0. The fraction of sp³-hybridized carbons (Fsp3) is 0.143. The van der Waals surface area contributed by atoms with Gasteiger partial charge in [-0.3, -0.25) is 9.52 Å². The third-order valence-corrected chi connectivity index (χ3v) is 5.58. The summed E-state index contributed by atoms with van der Waals surface area (Å²) >= 11 is 0. The van der Waals surface area contributed by atoms with E-state index in [1.165, 1.54) is 25.3 Å². The van der Waals surface area contributed by atoms with Gasteiger partial charge in [0.25, 0.3) is 15.9 Å². The number of hydrogen-bond donors (Lipinski definition) is 2. The summed E-state index contributed by atoms with van der Waals surface area (Å²) in [7, 11) is -2.60. The molecule has 0 atom stereocenters. The van der Waals surface area contributed by atoms with E-state index in [1.54, 1.807) is 36.5 Å². The number of rotatable bonds is 6. The van der Waals surface area contributed by atoms with Gasteiger partial charge in [0.1, 0.15) is 16.5 Å². The molecule has 8 heteroatoms. The maximum atomic E-state index is 12.9. The van der Waals surface area contributed by atoms with Gasteiger partial charge in [0.15, 0.2) is 0 Å². The summed E-state index contributed by atoms with van der Waals surface area (Å²) in [5, 5.41) is 2.67. The SMILES string of the molecule is COc1ccc(C(=O)Nc2cc(C)ccn2)cc1S(=O)(=O)Nc1ccc(C)cc1. The minimum atomic E-state index is -3.98. The van der Waals surface area contributed by atoms with E-state index in [0.717, 1.165) is 11.1 Å². The van der Waals surface area contributed by atoms with Crippen molar-refractivity contribution in [2.75, 3.05) is 17.1 Å².